The van der Waals surface area contributed by atoms with Gasteiger partial charge in [0.2, 0.25) is 5.91 Å². The van der Waals surface area contributed by atoms with Crippen molar-refractivity contribution in [2.75, 3.05) is 43.0 Å². The van der Waals surface area contributed by atoms with Gasteiger partial charge >= 0.3 is 0 Å². The molecule has 1 fully saturated rings. The highest BCUT2D eigenvalue weighted by Gasteiger charge is 2.23. The van der Waals surface area contributed by atoms with E-state index in [4.69, 9.17) is 4.74 Å². The van der Waals surface area contributed by atoms with E-state index in [1.807, 2.05) is 22.4 Å². The molecule has 26 heavy (non-hydrogen) atoms. The second kappa shape index (κ2) is 7.33. The highest BCUT2D eigenvalue weighted by atomic mass is 32.1. The number of aryl methyl sites for hydroxylation is 1. The van der Waals surface area contributed by atoms with E-state index >= 15 is 0 Å². The molecule has 0 spiro atoms. The van der Waals surface area contributed by atoms with Crippen LogP contribution in [0.3, 0.4) is 0 Å². The summed E-state index contributed by atoms with van der Waals surface area (Å²) in [6.45, 7) is 2.97. The SMILES string of the molecule is O=C1CCc2cc(OCC(=O)N3CCN(c4nccs4)CC3)ccc2N1. The minimum Gasteiger partial charge on any atom is -0.484 e. The smallest absolute Gasteiger partial charge is 0.260 e. The Kier molecular flexibility index (Phi) is 4.75. The van der Waals surface area contributed by atoms with Gasteiger partial charge in [-0.1, -0.05) is 0 Å². The van der Waals surface area contributed by atoms with Crippen LogP contribution in [0.15, 0.2) is 29.8 Å². The highest BCUT2D eigenvalue weighted by Crippen LogP contribution is 2.27. The number of benzene rings is 1. The Bertz CT molecular complexity index is 801. The Hall–Kier alpha value is -2.61. The van der Waals surface area contributed by atoms with Crippen molar-refractivity contribution in [3.63, 3.8) is 0 Å². The number of hydrogen-bond donors (Lipinski definition) is 1. The third-order valence-electron chi connectivity index (χ3n) is 4.66. The summed E-state index contributed by atoms with van der Waals surface area (Å²) < 4.78 is 5.69. The van der Waals surface area contributed by atoms with E-state index in [2.05, 4.69) is 15.2 Å². The maximum atomic E-state index is 12.4. The van der Waals surface area contributed by atoms with Crippen LogP contribution in [-0.2, 0) is 16.0 Å². The maximum Gasteiger partial charge on any atom is 0.260 e. The predicted molar refractivity (Wildman–Crippen MR) is 99.8 cm³/mol. The fraction of sp³-hybridized carbons (Fsp3) is 0.389. The van der Waals surface area contributed by atoms with Crippen molar-refractivity contribution in [2.24, 2.45) is 0 Å². The molecule has 0 unspecified atom stereocenters. The van der Waals surface area contributed by atoms with Gasteiger partial charge in [-0.15, -0.1) is 11.3 Å². The zero-order valence-electron chi connectivity index (χ0n) is 14.3. The number of carbonyl (C=O) groups excluding carboxylic acids is 2. The number of aromatic nitrogens is 1. The third-order valence-corrected chi connectivity index (χ3v) is 5.49. The highest BCUT2D eigenvalue weighted by molar-refractivity contribution is 7.13. The standard InChI is InChI=1S/C18H20N4O3S/c23-16-4-1-13-11-14(2-3-15(13)20-16)25-12-17(24)21-6-8-22(9-7-21)18-19-5-10-26-18/h2-3,5,10-11H,1,4,6-9,12H2,(H,20,23). The Morgan fingerprint density at radius 1 is 1.23 bits per heavy atom. The van der Waals surface area contributed by atoms with Crippen molar-refractivity contribution >= 4 is 34.0 Å². The van der Waals surface area contributed by atoms with Crippen LogP contribution >= 0.6 is 11.3 Å². The number of nitrogens with zero attached hydrogens (tertiary/aromatic N) is 3. The average molecular weight is 372 g/mol. The summed E-state index contributed by atoms with van der Waals surface area (Å²) in [5.74, 6) is 0.697. The van der Waals surface area contributed by atoms with Crippen molar-refractivity contribution in [3.05, 3.63) is 35.3 Å². The van der Waals surface area contributed by atoms with Crippen molar-refractivity contribution in [1.82, 2.24) is 9.88 Å². The first-order valence-electron chi connectivity index (χ1n) is 8.67. The predicted octanol–water partition coefficient (Wildman–Crippen LogP) is 1.76. The zero-order valence-corrected chi connectivity index (χ0v) is 15.1. The summed E-state index contributed by atoms with van der Waals surface area (Å²) in [6.07, 6.45) is 2.99. The number of nitrogens with one attached hydrogen (secondary N) is 1. The van der Waals surface area contributed by atoms with Gasteiger partial charge in [0, 0.05) is 49.9 Å². The van der Waals surface area contributed by atoms with Crippen LogP contribution in [0.5, 0.6) is 5.75 Å². The molecule has 0 saturated carbocycles. The zero-order chi connectivity index (χ0) is 17.9. The number of piperazine rings is 1. The molecule has 136 valence electrons. The molecule has 1 aromatic heterocycles. The molecule has 0 aliphatic carbocycles. The molecule has 0 radical (unpaired) electrons. The summed E-state index contributed by atoms with van der Waals surface area (Å²) in [7, 11) is 0. The van der Waals surface area contributed by atoms with E-state index in [1.165, 1.54) is 0 Å². The van der Waals surface area contributed by atoms with Gasteiger partial charge in [0.05, 0.1) is 0 Å². The first-order valence-corrected chi connectivity index (χ1v) is 9.55. The number of anilines is 2. The van der Waals surface area contributed by atoms with E-state index < -0.39 is 0 Å². The molecule has 2 aromatic rings. The molecule has 7 nitrogen and oxygen atoms in total. The molecule has 8 heteroatoms. The van der Waals surface area contributed by atoms with Gasteiger partial charge in [-0.2, -0.15) is 0 Å². The molecule has 1 N–H and O–H groups in total. The summed E-state index contributed by atoms with van der Waals surface area (Å²) in [5.41, 5.74) is 1.88. The molecule has 0 atom stereocenters. The fourth-order valence-electron chi connectivity index (χ4n) is 3.21. The normalized spacial score (nSPS) is 16.8. The van der Waals surface area contributed by atoms with Gasteiger partial charge in [0.25, 0.3) is 5.91 Å². The van der Waals surface area contributed by atoms with E-state index in [9.17, 15) is 9.59 Å². The van der Waals surface area contributed by atoms with Crippen LogP contribution in [0.2, 0.25) is 0 Å². The molecule has 3 heterocycles. The molecule has 1 saturated heterocycles. The lowest BCUT2D eigenvalue weighted by Crippen LogP contribution is -2.50. The summed E-state index contributed by atoms with van der Waals surface area (Å²) in [4.78, 5) is 32.2. The van der Waals surface area contributed by atoms with Crippen LogP contribution in [-0.4, -0.2) is 54.5 Å². The van der Waals surface area contributed by atoms with Gasteiger partial charge in [0.1, 0.15) is 5.75 Å². The topological polar surface area (TPSA) is 74.8 Å². The first-order chi connectivity index (χ1) is 12.7. The van der Waals surface area contributed by atoms with Gasteiger partial charge in [0.15, 0.2) is 11.7 Å². The van der Waals surface area contributed by atoms with Gasteiger partial charge in [-0.05, 0) is 30.2 Å². The minimum absolute atomic E-state index is 0.00480. The summed E-state index contributed by atoms with van der Waals surface area (Å²) >= 11 is 1.62. The van der Waals surface area contributed by atoms with Crippen LogP contribution in [0.1, 0.15) is 12.0 Å². The lowest BCUT2D eigenvalue weighted by molar-refractivity contribution is -0.133. The first kappa shape index (κ1) is 16.8. The van der Waals surface area contributed by atoms with Crippen LogP contribution in [0.4, 0.5) is 10.8 Å². The molecular formula is C18H20N4O3S. The van der Waals surface area contributed by atoms with Gasteiger partial charge in [-0.25, -0.2) is 4.98 Å². The maximum absolute atomic E-state index is 12.4. The van der Waals surface area contributed by atoms with Crippen molar-refractivity contribution in [1.29, 1.82) is 0 Å². The second-order valence-corrected chi connectivity index (χ2v) is 7.21. The Morgan fingerprint density at radius 2 is 2.08 bits per heavy atom. The van der Waals surface area contributed by atoms with Crippen LogP contribution in [0.25, 0.3) is 0 Å². The largest absolute Gasteiger partial charge is 0.484 e. The Morgan fingerprint density at radius 3 is 2.85 bits per heavy atom. The van der Waals surface area contributed by atoms with E-state index in [-0.39, 0.29) is 18.4 Å². The van der Waals surface area contributed by atoms with Crippen LogP contribution < -0.4 is 15.0 Å². The second-order valence-electron chi connectivity index (χ2n) is 6.34. The third kappa shape index (κ3) is 3.65. The number of amides is 2. The van der Waals surface area contributed by atoms with Crippen molar-refractivity contribution < 1.29 is 14.3 Å². The number of hydrogen-bond acceptors (Lipinski definition) is 6. The van der Waals surface area contributed by atoms with Gasteiger partial charge in [-0.3, -0.25) is 9.59 Å². The average Bonchev–Trinajstić information content (AvgIpc) is 3.21. The molecule has 2 aliphatic rings. The molecule has 0 bridgehead atoms. The van der Waals surface area contributed by atoms with Crippen molar-refractivity contribution in [3.8, 4) is 5.75 Å². The molecule has 2 aliphatic heterocycles. The number of ether oxygens (including phenoxy) is 1. The molecule has 1 aromatic carbocycles. The number of carbonyl (C=O) groups is 2. The summed E-state index contributed by atoms with van der Waals surface area (Å²) in [6, 6.07) is 5.53. The quantitative estimate of drug-likeness (QED) is 0.885. The number of fused-ring (bicyclic) bond motifs is 1. The van der Waals surface area contributed by atoms with Gasteiger partial charge < -0.3 is 19.9 Å². The van der Waals surface area contributed by atoms with E-state index in [1.54, 1.807) is 23.6 Å². The van der Waals surface area contributed by atoms with E-state index in [0.717, 1.165) is 29.5 Å². The van der Waals surface area contributed by atoms with Crippen molar-refractivity contribution in [2.45, 2.75) is 12.8 Å². The lowest BCUT2D eigenvalue weighted by Gasteiger charge is -2.34. The minimum atomic E-state index is -0.00480. The molecule has 2 amide bonds. The van der Waals surface area contributed by atoms with Crippen LogP contribution in [0, 0.1) is 0 Å². The summed E-state index contributed by atoms with van der Waals surface area (Å²) in [5, 5.41) is 5.81. The number of rotatable bonds is 4. The van der Waals surface area contributed by atoms with E-state index in [0.29, 0.717) is 31.7 Å². The monoisotopic (exact) mass is 372 g/mol. The fourth-order valence-corrected chi connectivity index (χ4v) is 3.90. The Balaban J connectivity index is 1.29. The molecule has 4 rings (SSSR count). The lowest BCUT2D eigenvalue weighted by atomic mass is 10.0. The Labute approximate surface area is 155 Å². The number of thiazole rings is 1. The molecular weight excluding hydrogens is 352 g/mol.